The van der Waals surface area contributed by atoms with Crippen molar-refractivity contribution in [3.8, 4) is 5.88 Å². The van der Waals surface area contributed by atoms with Crippen LogP contribution < -0.4 is 15.8 Å². The van der Waals surface area contributed by atoms with E-state index in [1.54, 1.807) is 18.3 Å². The predicted molar refractivity (Wildman–Crippen MR) is 81.3 cm³/mol. The van der Waals surface area contributed by atoms with Crippen LogP contribution in [0.5, 0.6) is 5.88 Å². The van der Waals surface area contributed by atoms with Crippen molar-refractivity contribution in [1.29, 1.82) is 0 Å². The van der Waals surface area contributed by atoms with Crippen LogP contribution in [-0.4, -0.2) is 26.5 Å². The van der Waals surface area contributed by atoms with E-state index in [2.05, 4.69) is 20.3 Å². The summed E-state index contributed by atoms with van der Waals surface area (Å²) >= 11 is 4.92. The zero-order valence-electron chi connectivity index (χ0n) is 11.3. The first-order valence-corrected chi connectivity index (χ1v) is 6.50. The fraction of sp³-hybridized carbons (Fsp3) is 0.231. The highest BCUT2D eigenvalue weighted by molar-refractivity contribution is 7.80. The Morgan fingerprint density at radius 2 is 2.20 bits per heavy atom. The molecule has 0 unspecified atom stereocenters. The van der Waals surface area contributed by atoms with Gasteiger partial charge < -0.3 is 15.8 Å². The van der Waals surface area contributed by atoms with E-state index in [0.717, 1.165) is 11.4 Å². The van der Waals surface area contributed by atoms with Crippen LogP contribution in [0.3, 0.4) is 0 Å². The summed E-state index contributed by atoms with van der Waals surface area (Å²) in [6.45, 7) is 4.34. The third-order valence-electron chi connectivity index (χ3n) is 2.39. The molecule has 104 valence electrons. The largest absolute Gasteiger partial charge is 0.478 e. The van der Waals surface area contributed by atoms with Gasteiger partial charge in [0.05, 0.1) is 18.5 Å². The van der Waals surface area contributed by atoms with Gasteiger partial charge in [0.1, 0.15) is 10.7 Å². The number of nitrogens with one attached hydrogen (secondary N) is 1. The Labute approximate surface area is 122 Å². The highest BCUT2D eigenvalue weighted by atomic mass is 32.1. The standard InChI is InChI=1S/C13H15N5OS/c1-3-19-11-5-4-9(7-15-11)17-13-16-8(2)6-10(18-13)12(14)20/h4-7H,3H2,1-2H3,(H2,14,20)(H,16,17,18). The number of thiocarbonyl (C=S) groups is 1. The van der Waals surface area contributed by atoms with E-state index in [4.69, 9.17) is 22.7 Å². The zero-order valence-corrected chi connectivity index (χ0v) is 12.1. The van der Waals surface area contributed by atoms with Gasteiger partial charge in [0.2, 0.25) is 11.8 Å². The summed E-state index contributed by atoms with van der Waals surface area (Å²) in [4.78, 5) is 12.9. The number of aryl methyl sites for hydroxylation is 1. The van der Waals surface area contributed by atoms with Crippen molar-refractivity contribution in [2.45, 2.75) is 13.8 Å². The molecule has 0 saturated carbocycles. The summed E-state index contributed by atoms with van der Waals surface area (Å²) < 4.78 is 5.28. The molecule has 2 heterocycles. The number of ether oxygens (including phenoxy) is 1. The quantitative estimate of drug-likeness (QED) is 0.814. The van der Waals surface area contributed by atoms with Gasteiger partial charge in [-0.05, 0) is 26.0 Å². The molecule has 0 aliphatic rings. The van der Waals surface area contributed by atoms with Crippen LogP contribution >= 0.6 is 12.2 Å². The first-order valence-electron chi connectivity index (χ1n) is 6.10. The maximum Gasteiger partial charge on any atom is 0.228 e. The van der Waals surface area contributed by atoms with Crippen molar-refractivity contribution >= 4 is 28.8 Å². The number of rotatable bonds is 5. The lowest BCUT2D eigenvalue weighted by Gasteiger charge is -2.08. The molecule has 2 aromatic heterocycles. The smallest absolute Gasteiger partial charge is 0.228 e. The van der Waals surface area contributed by atoms with Gasteiger partial charge in [-0.25, -0.2) is 15.0 Å². The molecular weight excluding hydrogens is 274 g/mol. The van der Waals surface area contributed by atoms with Gasteiger partial charge in [0, 0.05) is 11.8 Å². The predicted octanol–water partition coefficient (Wildman–Crippen LogP) is 1.96. The van der Waals surface area contributed by atoms with E-state index in [1.165, 1.54) is 0 Å². The fourth-order valence-electron chi connectivity index (χ4n) is 1.57. The minimum atomic E-state index is 0.239. The third kappa shape index (κ3) is 3.61. The first kappa shape index (κ1) is 14.1. The van der Waals surface area contributed by atoms with Crippen molar-refractivity contribution in [2.75, 3.05) is 11.9 Å². The molecule has 6 nitrogen and oxygen atoms in total. The molecule has 0 aliphatic heterocycles. The normalized spacial score (nSPS) is 10.1. The van der Waals surface area contributed by atoms with Gasteiger partial charge in [-0.1, -0.05) is 12.2 Å². The van der Waals surface area contributed by atoms with E-state index in [1.807, 2.05) is 19.9 Å². The minimum Gasteiger partial charge on any atom is -0.478 e. The highest BCUT2D eigenvalue weighted by Crippen LogP contribution is 2.15. The lowest BCUT2D eigenvalue weighted by Crippen LogP contribution is -2.13. The second-order valence-corrected chi connectivity index (χ2v) is 4.47. The summed E-state index contributed by atoms with van der Waals surface area (Å²) in [6, 6.07) is 5.35. The summed E-state index contributed by atoms with van der Waals surface area (Å²) in [6.07, 6.45) is 1.65. The number of hydrogen-bond acceptors (Lipinski definition) is 6. The van der Waals surface area contributed by atoms with E-state index in [9.17, 15) is 0 Å². The molecule has 0 fully saturated rings. The molecule has 0 amide bonds. The summed E-state index contributed by atoms with van der Waals surface area (Å²) in [5.74, 6) is 1.01. The molecule has 2 aromatic rings. The lowest BCUT2D eigenvalue weighted by atomic mass is 10.3. The van der Waals surface area contributed by atoms with Crippen LogP contribution in [0.1, 0.15) is 18.3 Å². The van der Waals surface area contributed by atoms with E-state index in [-0.39, 0.29) is 4.99 Å². The van der Waals surface area contributed by atoms with Gasteiger partial charge in [0.25, 0.3) is 0 Å². The SMILES string of the molecule is CCOc1ccc(Nc2nc(C)cc(C(N)=S)n2)cn1. The second kappa shape index (κ2) is 6.25. The molecule has 3 N–H and O–H groups in total. The fourth-order valence-corrected chi connectivity index (χ4v) is 1.67. The number of anilines is 2. The molecule has 20 heavy (non-hydrogen) atoms. The van der Waals surface area contributed by atoms with Crippen LogP contribution in [-0.2, 0) is 0 Å². The number of pyridine rings is 1. The Morgan fingerprint density at radius 1 is 1.40 bits per heavy atom. The number of nitrogens with two attached hydrogens (primary N) is 1. The molecule has 7 heteroatoms. The Balaban J connectivity index is 2.19. The van der Waals surface area contributed by atoms with Crippen molar-refractivity contribution in [1.82, 2.24) is 15.0 Å². The van der Waals surface area contributed by atoms with Gasteiger partial charge in [-0.2, -0.15) is 0 Å². The van der Waals surface area contributed by atoms with Crippen LogP contribution in [0.2, 0.25) is 0 Å². The molecule has 0 radical (unpaired) electrons. The van der Waals surface area contributed by atoms with Crippen LogP contribution in [0.25, 0.3) is 0 Å². The Bertz CT molecular complexity index is 615. The van der Waals surface area contributed by atoms with E-state index < -0.39 is 0 Å². The number of aromatic nitrogens is 3. The van der Waals surface area contributed by atoms with Crippen LogP contribution in [0.4, 0.5) is 11.6 Å². The Morgan fingerprint density at radius 3 is 2.80 bits per heavy atom. The minimum absolute atomic E-state index is 0.239. The van der Waals surface area contributed by atoms with Gasteiger partial charge in [-0.15, -0.1) is 0 Å². The summed E-state index contributed by atoms with van der Waals surface area (Å²) in [5.41, 5.74) is 7.66. The first-order chi connectivity index (χ1) is 9.58. The summed E-state index contributed by atoms with van der Waals surface area (Å²) in [5, 5.41) is 3.05. The average Bonchev–Trinajstić information content (AvgIpc) is 2.40. The second-order valence-electron chi connectivity index (χ2n) is 4.03. The number of nitrogens with zero attached hydrogens (tertiary/aromatic N) is 3. The van der Waals surface area contributed by atoms with Gasteiger partial charge >= 0.3 is 0 Å². The van der Waals surface area contributed by atoms with Crippen molar-refractivity contribution in [2.24, 2.45) is 5.73 Å². The zero-order chi connectivity index (χ0) is 14.5. The van der Waals surface area contributed by atoms with Gasteiger partial charge in [0.15, 0.2) is 0 Å². The number of hydrogen-bond donors (Lipinski definition) is 2. The topological polar surface area (TPSA) is 86.0 Å². The monoisotopic (exact) mass is 289 g/mol. The maximum absolute atomic E-state index is 5.58. The average molecular weight is 289 g/mol. The maximum atomic E-state index is 5.58. The van der Waals surface area contributed by atoms with Crippen LogP contribution in [0, 0.1) is 6.92 Å². The Hall–Kier alpha value is -2.28. The van der Waals surface area contributed by atoms with Crippen LogP contribution in [0.15, 0.2) is 24.4 Å². The Kier molecular flexibility index (Phi) is 4.41. The molecule has 2 rings (SSSR count). The molecule has 0 aromatic carbocycles. The summed E-state index contributed by atoms with van der Waals surface area (Å²) in [7, 11) is 0. The molecule has 0 spiro atoms. The van der Waals surface area contributed by atoms with Crippen molar-refractivity contribution in [3.63, 3.8) is 0 Å². The van der Waals surface area contributed by atoms with E-state index >= 15 is 0 Å². The third-order valence-corrected chi connectivity index (χ3v) is 2.60. The molecular formula is C13H15N5OS. The van der Waals surface area contributed by atoms with Crippen molar-refractivity contribution in [3.05, 3.63) is 35.8 Å². The van der Waals surface area contributed by atoms with Crippen molar-refractivity contribution < 1.29 is 4.74 Å². The molecule has 0 saturated heterocycles. The lowest BCUT2D eigenvalue weighted by molar-refractivity contribution is 0.327. The molecule has 0 aliphatic carbocycles. The van der Waals surface area contributed by atoms with E-state index in [0.29, 0.717) is 24.1 Å². The molecule has 0 bridgehead atoms. The highest BCUT2D eigenvalue weighted by Gasteiger charge is 2.05. The molecule has 0 atom stereocenters. The van der Waals surface area contributed by atoms with Gasteiger partial charge in [-0.3, -0.25) is 0 Å².